The second kappa shape index (κ2) is 8.55. The Morgan fingerprint density at radius 2 is 2.18 bits per heavy atom. The minimum absolute atomic E-state index is 0.0723. The van der Waals surface area contributed by atoms with Gasteiger partial charge in [0.05, 0.1) is 11.3 Å². The van der Waals surface area contributed by atoms with Gasteiger partial charge < -0.3 is 25.6 Å². The van der Waals surface area contributed by atoms with Crippen molar-refractivity contribution in [3.05, 3.63) is 41.7 Å². The van der Waals surface area contributed by atoms with Crippen molar-refractivity contribution < 1.29 is 19.7 Å². The van der Waals surface area contributed by atoms with Gasteiger partial charge in [-0.2, -0.15) is 5.10 Å². The second-order valence-electron chi connectivity index (χ2n) is 7.65. The Morgan fingerprint density at radius 1 is 1.36 bits per heavy atom. The highest BCUT2D eigenvalue weighted by Crippen LogP contribution is 2.35. The van der Waals surface area contributed by atoms with Crippen molar-refractivity contribution >= 4 is 23.2 Å². The lowest BCUT2D eigenvalue weighted by Crippen LogP contribution is -2.38. The van der Waals surface area contributed by atoms with Gasteiger partial charge in [0.2, 0.25) is 0 Å². The predicted molar refractivity (Wildman–Crippen MR) is 107 cm³/mol. The van der Waals surface area contributed by atoms with Crippen molar-refractivity contribution in [1.29, 1.82) is 0 Å². The van der Waals surface area contributed by atoms with Crippen LogP contribution < -0.4 is 15.4 Å². The lowest BCUT2D eigenvalue weighted by atomic mass is 9.95. The summed E-state index contributed by atoms with van der Waals surface area (Å²) in [7, 11) is 0. The van der Waals surface area contributed by atoms with E-state index in [1.165, 1.54) is 0 Å². The van der Waals surface area contributed by atoms with E-state index in [0.717, 1.165) is 16.9 Å². The summed E-state index contributed by atoms with van der Waals surface area (Å²) in [6.07, 6.45) is 2.67. The maximum Gasteiger partial charge on any atom is 0.256 e. The van der Waals surface area contributed by atoms with Crippen LogP contribution in [0.4, 0.5) is 5.69 Å². The Kier molecular flexibility index (Phi) is 6.13. The molecule has 1 aliphatic rings. The van der Waals surface area contributed by atoms with Gasteiger partial charge in [-0.15, -0.1) is 0 Å². The Labute approximate surface area is 163 Å². The number of hydrogen-bond donors (Lipinski definition) is 5. The molecule has 3 rings (SSSR count). The summed E-state index contributed by atoms with van der Waals surface area (Å²) in [5, 5.41) is 32.0. The molecule has 2 heterocycles. The summed E-state index contributed by atoms with van der Waals surface area (Å²) < 4.78 is 5.70. The fourth-order valence-corrected chi connectivity index (χ4v) is 2.79. The van der Waals surface area contributed by atoms with E-state index in [9.17, 15) is 15.0 Å². The molecule has 0 radical (unpaired) electrons. The summed E-state index contributed by atoms with van der Waals surface area (Å²) in [6, 6.07) is 7.10. The first-order chi connectivity index (χ1) is 13.4. The molecule has 0 saturated heterocycles. The summed E-state index contributed by atoms with van der Waals surface area (Å²) in [5.41, 5.74) is 2.48. The number of carbonyl (C=O) groups excluding carboxylic acids is 1. The van der Waals surface area contributed by atoms with Crippen LogP contribution in [0, 0.1) is 5.41 Å². The molecule has 1 aromatic carbocycles. The molecule has 150 valence electrons. The number of benzene rings is 1. The summed E-state index contributed by atoms with van der Waals surface area (Å²) in [6.45, 7) is 5.03. The van der Waals surface area contributed by atoms with Crippen LogP contribution in [0.15, 0.2) is 30.5 Å². The van der Waals surface area contributed by atoms with Gasteiger partial charge in [0.25, 0.3) is 5.91 Å². The number of nitrogens with one attached hydrogen (secondary N) is 3. The number of fused-ring (bicyclic) bond motifs is 1. The lowest BCUT2D eigenvalue weighted by molar-refractivity contribution is -0.110. The first kappa shape index (κ1) is 20.1. The number of ether oxygens (including phenoxy) is 1. The van der Waals surface area contributed by atoms with Gasteiger partial charge in [0.15, 0.2) is 0 Å². The number of anilines is 1. The lowest BCUT2D eigenvalue weighted by Gasteiger charge is -2.23. The molecular weight excluding hydrogens is 360 g/mol. The molecule has 1 amide bonds. The van der Waals surface area contributed by atoms with E-state index in [0.29, 0.717) is 24.4 Å². The molecule has 1 aliphatic heterocycles. The standard InChI is InChI=1S/C20H26N4O4/c1-20(2,12-25)11-21-9-14(26)10-28-15-3-4-18-16(8-15)17(19(27)23-18)7-13-5-6-22-24-13/h3-8,14,21,25-26H,9-12H2,1-2H3,(H,22,24)(H,23,27)/b17-7-. The van der Waals surface area contributed by atoms with Crippen LogP contribution in [0.25, 0.3) is 11.6 Å². The number of carbonyl (C=O) groups is 1. The molecular formula is C20H26N4O4. The number of aliphatic hydroxyl groups excluding tert-OH is 2. The van der Waals surface area contributed by atoms with E-state index in [1.807, 2.05) is 13.8 Å². The van der Waals surface area contributed by atoms with Crippen LogP contribution in [0.1, 0.15) is 25.1 Å². The largest absolute Gasteiger partial charge is 0.491 e. The molecule has 2 aromatic rings. The molecule has 8 nitrogen and oxygen atoms in total. The topological polar surface area (TPSA) is 120 Å². The minimum Gasteiger partial charge on any atom is -0.491 e. The number of nitrogens with zero attached hydrogens (tertiary/aromatic N) is 1. The van der Waals surface area contributed by atoms with Crippen molar-refractivity contribution in [2.75, 3.05) is 31.6 Å². The fraction of sp³-hybridized carbons (Fsp3) is 0.400. The van der Waals surface area contributed by atoms with E-state index >= 15 is 0 Å². The maximum absolute atomic E-state index is 12.2. The summed E-state index contributed by atoms with van der Waals surface area (Å²) in [5.74, 6) is 0.387. The number of hydrogen-bond acceptors (Lipinski definition) is 6. The van der Waals surface area contributed by atoms with Gasteiger partial charge in [-0.1, -0.05) is 13.8 Å². The molecule has 1 aromatic heterocycles. The van der Waals surface area contributed by atoms with E-state index in [-0.39, 0.29) is 24.5 Å². The monoisotopic (exact) mass is 386 g/mol. The maximum atomic E-state index is 12.2. The van der Waals surface area contributed by atoms with Crippen molar-refractivity contribution in [3.8, 4) is 5.75 Å². The van der Waals surface area contributed by atoms with E-state index in [1.54, 1.807) is 36.5 Å². The van der Waals surface area contributed by atoms with Gasteiger partial charge in [0, 0.05) is 42.6 Å². The van der Waals surface area contributed by atoms with Gasteiger partial charge in [-0.3, -0.25) is 9.89 Å². The molecule has 0 saturated carbocycles. The number of aromatic amines is 1. The highest BCUT2D eigenvalue weighted by atomic mass is 16.5. The molecule has 5 N–H and O–H groups in total. The Morgan fingerprint density at radius 3 is 2.89 bits per heavy atom. The third-order valence-electron chi connectivity index (χ3n) is 4.45. The Bertz CT molecular complexity index is 846. The normalized spacial score (nSPS) is 16.1. The van der Waals surface area contributed by atoms with Gasteiger partial charge in [-0.25, -0.2) is 0 Å². The average Bonchev–Trinajstić information content (AvgIpc) is 3.28. The summed E-state index contributed by atoms with van der Waals surface area (Å²) in [4.78, 5) is 12.2. The van der Waals surface area contributed by atoms with Crippen LogP contribution in [-0.2, 0) is 4.79 Å². The number of rotatable bonds is 9. The SMILES string of the molecule is CC(C)(CO)CNCC(O)COc1ccc2c(c1)/C(=C/c1ccn[nH]1)C(=O)N2. The van der Waals surface area contributed by atoms with Gasteiger partial charge in [-0.05, 0) is 30.3 Å². The molecule has 28 heavy (non-hydrogen) atoms. The third kappa shape index (κ3) is 4.98. The number of aromatic nitrogens is 2. The number of amides is 1. The average molecular weight is 386 g/mol. The smallest absolute Gasteiger partial charge is 0.256 e. The van der Waals surface area contributed by atoms with Crippen molar-refractivity contribution in [3.63, 3.8) is 0 Å². The first-order valence-corrected chi connectivity index (χ1v) is 9.17. The Balaban J connectivity index is 1.60. The molecule has 1 unspecified atom stereocenters. The van der Waals surface area contributed by atoms with E-state index < -0.39 is 6.10 Å². The minimum atomic E-state index is -0.692. The zero-order valence-electron chi connectivity index (χ0n) is 16.0. The highest BCUT2D eigenvalue weighted by Gasteiger charge is 2.25. The zero-order valence-corrected chi connectivity index (χ0v) is 16.0. The first-order valence-electron chi connectivity index (χ1n) is 9.17. The van der Waals surface area contributed by atoms with Crippen molar-refractivity contribution in [1.82, 2.24) is 15.5 Å². The fourth-order valence-electron chi connectivity index (χ4n) is 2.79. The molecule has 0 spiro atoms. The zero-order chi connectivity index (χ0) is 20.1. The Hall–Kier alpha value is -2.68. The third-order valence-corrected chi connectivity index (χ3v) is 4.45. The second-order valence-corrected chi connectivity index (χ2v) is 7.65. The van der Waals surface area contributed by atoms with Crippen molar-refractivity contribution in [2.24, 2.45) is 5.41 Å². The highest BCUT2D eigenvalue weighted by molar-refractivity contribution is 6.34. The summed E-state index contributed by atoms with van der Waals surface area (Å²) >= 11 is 0. The van der Waals surface area contributed by atoms with E-state index in [4.69, 9.17) is 4.74 Å². The van der Waals surface area contributed by atoms with Crippen molar-refractivity contribution in [2.45, 2.75) is 20.0 Å². The molecule has 0 fully saturated rings. The van der Waals surface area contributed by atoms with Crippen LogP contribution in [0.3, 0.4) is 0 Å². The van der Waals surface area contributed by atoms with E-state index in [2.05, 4.69) is 20.8 Å². The quantitative estimate of drug-likeness (QED) is 0.414. The van der Waals surface area contributed by atoms with Crippen LogP contribution >= 0.6 is 0 Å². The number of aliphatic hydroxyl groups is 2. The van der Waals surface area contributed by atoms with Crippen LogP contribution in [-0.4, -0.2) is 58.7 Å². The molecule has 0 aliphatic carbocycles. The number of H-pyrrole nitrogens is 1. The van der Waals surface area contributed by atoms with Gasteiger partial charge in [0.1, 0.15) is 18.5 Å². The molecule has 0 bridgehead atoms. The van der Waals surface area contributed by atoms with Gasteiger partial charge >= 0.3 is 0 Å². The predicted octanol–water partition coefficient (Wildman–Crippen LogP) is 1.25. The molecule has 1 atom stereocenters. The molecule has 8 heteroatoms. The van der Waals surface area contributed by atoms with Crippen LogP contribution in [0.2, 0.25) is 0 Å². The van der Waals surface area contributed by atoms with Crippen LogP contribution in [0.5, 0.6) is 5.75 Å².